The lowest BCUT2D eigenvalue weighted by Gasteiger charge is -2.43. The molecule has 10 rings (SSSR count). The Morgan fingerprint density at radius 2 is 1.13 bits per heavy atom. The first-order chi connectivity index (χ1) is 43.1. The summed E-state index contributed by atoms with van der Waals surface area (Å²) in [6.07, 6.45) is 4.06. The fraction of sp³-hybridized carbons (Fsp3) is 0.406. The molecule has 21 heteroatoms. The van der Waals surface area contributed by atoms with Gasteiger partial charge in [-0.2, -0.15) is 10.5 Å². The number of amides is 4. The number of carboxylic acids is 1. The van der Waals surface area contributed by atoms with Crippen molar-refractivity contribution in [3.8, 4) is 12.1 Å². The van der Waals surface area contributed by atoms with Crippen LogP contribution >= 0.6 is 0 Å². The summed E-state index contributed by atoms with van der Waals surface area (Å²) in [4.78, 5) is 82.9. The summed E-state index contributed by atoms with van der Waals surface area (Å²) in [5.41, 5.74) is 21.4. The highest BCUT2D eigenvalue weighted by molar-refractivity contribution is 5.99. The maximum absolute atomic E-state index is 13.2. The van der Waals surface area contributed by atoms with E-state index in [0.29, 0.717) is 77.6 Å². The van der Waals surface area contributed by atoms with Gasteiger partial charge in [0.05, 0.1) is 61.5 Å². The van der Waals surface area contributed by atoms with Crippen LogP contribution in [-0.2, 0) is 40.3 Å². The Bertz CT molecular complexity index is 3740. The second-order valence-electron chi connectivity index (χ2n) is 24.3. The average molecular weight is 1220 g/mol. The van der Waals surface area contributed by atoms with E-state index in [9.17, 15) is 39.6 Å². The number of carbonyl (C=O) groups is 5. The van der Waals surface area contributed by atoms with Gasteiger partial charge in [0.15, 0.2) is 5.69 Å². The summed E-state index contributed by atoms with van der Waals surface area (Å²) < 4.78 is 5.00. The molecule has 4 amide bonds. The molecule has 2 fully saturated rings. The molecule has 6 aromatic rings. The van der Waals surface area contributed by atoms with E-state index in [1.54, 1.807) is 15.9 Å². The van der Waals surface area contributed by atoms with E-state index in [1.807, 2.05) is 40.7 Å². The number of rotatable bonds is 14. The van der Waals surface area contributed by atoms with Crippen LogP contribution in [0.5, 0.6) is 0 Å². The molecule has 2 aromatic heterocycles. The van der Waals surface area contributed by atoms with Gasteiger partial charge >= 0.3 is 12.1 Å². The van der Waals surface area contributed by atoms with Crippen LogP contribution in [0.2, 0.25) is 0 Å². The van der Waals surface area contributed by atoms with Crippen molar-refractivity contribution in [3.63, 3.8) is 0 Å². The first kappa shape index (κ1) is 66.4. The summed E-state index contributed by atoms with van der Waals surface area (Å²) in [5.74, 6) is -1.70. The van der Waals surface area contributed by atoms with Crippen molar-refractivity contribution < 1.29 is 33.8 Å². The normalized spacial score (nSPS) is 16.9. The zero-order valence-corrected chi connectivity index (χ0v) is 52.8. The molecule has 90 heavy (non-hydrogen) atoms. The summed E-state index contributed by atoms with van der Waals surface area (Å²) in [6, 6.07) is 32.4. The second kappa shape index (κ2) is 29.6. The number of ether oxygens (including phenoxy) is 1. The van der Waals surface area contributed by atoms with Gasteiger partial charge in [-0.3, -0.25) is 14.4 Å². The first-order valence-electron chi connectivity index (χ1n) is 30.6. The van der Waals surface area contributed by atoms with E-state index in [4.69, 9.17) is 21.2 Å². The van der Waals surface area contributed by atoms with Gasteiger partial charge in [0.25, 0.3) is 5.91 Å². The Morgan fingerprint density at radius 1 is 0.689 bits per heavy atom. The van der Waals surface area contributed by atoms with E-state index in [1.165, 1.54) is 44.8 Å². The van der Waals surface area contributed by atoms with Gasteiger partial charge in [-0.15, -0.1) is 0 Å². The molecule has 0 saturated carbocycles. The number of pyridine rings is 2. The van der Waals surface area contributed by atoms with Crippen LogP contribution in [0.1, 0.15) is 102 Å². The van der Waals surface area contributed by atoms with Crippen LogP contribution in [0.25, 0.3) is 21.5 Å². The highest BCUT2D eigenvalue weighted by Crippen LogP contribution is 2.39. The highest BCUT2D eigenvalue weighted by Gasteiger charge is 2.35. The number of hydrogen-bond donors (Lipinski definition) is 5. The van der Waals surface area contributed by atoms with Crippen LogP contribution in [0.15, 0.2) is 110 Å². The molecule has 7 N–H and O–H groups in total. The molecule has 21 nitrogen and oxygen atoms in total. The van der Waals surface area contributed by atoms with E-state index in [0.717, 1.165) is 64.8 Å². The van der Waals surface area contributed by atoms with E-state index >= 15 is 0 Å². The van der Waals surface area contributed by atoms with E-state index in [-0.39, 0.29) is 60.4 Å². The molecule has 4 aliphatic heterocycles. The number of alkyl carbamates (subject to hydrolysis) is 1. The monoisotopic (exact) mass is 1220 g/mol. The van der Waals surface area contributed by atoms with Crippen molar-refractivity contribution in [2.75, 3.05) is 85.0 Å². The number of hydrogen-bond acceptors (Lipinski definition) is 16. The largest absolute Gasteiger partial charge is 0.477 e. The lowest BCUT2D eigenvalue weighted by molar-refractivity contribution is -0.129. The summed E-state index contributed by atoms with van der Waals surface area (Å²) in [7, 11) is 0. The van der Waals surface area contributed by atoms with Crippen molar-refractivity contribution >= 4 is 74.1 Å². The van der Waals surface area contributed by atoms with Crippen molar-refractivity contribution in [1.29, 1.82) is 10.5 Å². The van der Waals surface area contributed by atoms with Crippen molar-refractivity contribution in [2.24, 2.45) is 11.5 Å². The van der Waals surface area contributed by atoms with Gasteiger partial charge in [0.1, 0.15) is 11.3 Å². The number of aromatic carboxylic acids is 1. The van der Waals surface area contributed by atoms with Gasteiger partial charge < -0.3 is 61.3 Å². The molecule has 4 atom stereocenters. The fourth-order valence-corrected chi connectivity index (χ4v) is 12.2. The van der Waals surface area contributed by atoms with Crippen molar-refractivity contribution in [1.82, 2.24) is 30.4 Å². The molecule has 472 valence electrons. The molecule has 0 aliphatic carbocycles. The van der Waals surface area contributed by atoms with Crippen LogP contribution in [0.3, 0.4) is 0 Å². The van der Waals surface area contributed by atoms with E-state index < -0.39 is 17.7 Å². The Labute approximate surface area is 527 Å². The van der Waals surface area contributed by atoms with Gasteiger partial charge in [-0.25, -0.2) is 19.6 Å². The molecule has 0 radical (unpaired) electrons. The zero-order chi connectivity index (χ0) is 65.0. The summed E-state index contributed by atoms with van der Waals surface area (Å²) in [5, 5.41) is 39.0. The summed E-state index contributed by atoms with van der Waals surface area (Å²) in [6.45, 7) is 27.0. The Hall–Kier alpha value is -9.57. The van der Waals surface area contributed by atoms with Gasteiger partial charge in [-0.05, 0) is 120 Å². The average Bonchev–Trinajstić information content (AvgIpc) is 0.840. The lowest BCUT2D eigenvalue weighted by Crippen LogP contribution is -2.55. The molecule has 0 unspecified atom stereocenters. The number of nitriles is 2. The van der Waals surface area contributed by atoms with Crippen LogP contribution in [-0.4, -0.2) is 150 Å². The van der Waals surface area contributed by atoms with E-state index in [2.05, 4.69) is 147 Å². The Kier molecular flexibility index (Phi) is 21.8. The SMILES string of the molecule is C=CC(=O)N1CCN(c2cc(C(=O)NC[C@H](C)N)nc3c2CCN(c2cccc4cccc(C)c24)C3)C[C@@H]1CC#N.C=CC(=O)N1CCN(c2cc(C(=O)O)nc3c2CCN(c2cccc4cccc(C)c24)C3)C[C@@H]1CC#N.C[C@@H](CN)NC(=O)OC(C)(C)C. The number of anilines is 4. The fourth-order valence-electron chi connectivity index (χ4n) is 12.2. The molecule has 0 bridgehead atoms. The quantitative estimate of drug-likeness (QED) is 0.0644. The maximum atomic E-state index is 13.2. The minimum atomic E-state index is -1.07. The van der Waals surface area contributed by atoms with Crippen molar-refractivity contribution in [2.45, 2.75) is 117 Å². The number of aryl methyl sites for hydroxylation is 2. The van der Waals surface area contributed by atoms with Crippen LogP contribution < -0.4 is 41.7 Å². The number of nitrogens with two attached hydrogens (primary N) is 2. The van der Waals surface area contributed by atoms with Crippen LogP contribution in [0, 0.1) is 36.5 Å². The zero-order valence-electron chi connectivity index (χ0n) is 52.8. The van der Waals surface area contributed by atoms with Gasteiger partial charge in [-0.1, -0.05) is 73.8 Å². The minimum Gasteiger partial charge on any atom is -0.477 e. The van der Waals surface area contributed by atoms with Gasteiger partial charge in [0.2, 0.25) is 11.8 Å². The molecule has 2 saturated heterocycles. The number of carbonyl (C=O) groups excluding carboxylic acids is 4. The first-order valence-corrected chi connectivity index (χ1v) is 30.6. The topological polar surface area (TPSA) is 284 Å². The molecule has 4 aromatic carbocycles. The highest BCUT2D eigenvalue weighted by atomic mass is 16.6. The maximum Gasteiger partial charge on any atom is 0.407 e. The lowest BCUT2D eigenvalue weighted by atomic mass is 9.97. The number of nitrogens with zero attached hydrogens (tertiary/aromatic N) is 10. The third kappa shape index (κ3) is 15.8. The van der Waals surface area contributed by atoms with Crippen molar-refractivity contribution in [3.05, 3.63) is 155 Å². The van der Waals surface area contributed by atoms with Crippen LogP contribution in [0.4, 0.5) is 27.5 Å². The number of carboxylic acid groups (broad SMARTS) is 1. The number of benzene rings is 4. The standard InChI is InChI=1S/C32H37N7O2.C29H29N5O3.C8H18N2O2/c1-4-30(40)39-16-15-38(19-24(39)11-13-33)29-17-26(32(41)35-18-22(3)34)36-27-20-37(14-12-25(27)29)28-10-6-9-23-8-5-7-21(2)31(23)28;1-3-27(35)34-15-14-33(17-21(34)10-12-30)26-16-23(29(36)37)31-24-18-32(13-11-22(24)26)25-9-5-8-20-7-4-6-19(2)28(20)25;1-6(5-9)10-7(11)12-8(2,3)4/h4-10,17,22,24H,1,11-12,14-16,18-20,34H2,2-3H3,(H,35,41);3-9,16,21H,1,10-11,13-15,17-18H2,2H3,(H,36,37);6H,5,9H2,1-4H3,(H,10,11)/t22-,24-;21-;6-/m000/s1. The smallest absolute Gasteiger partial charge is 0.407 e. The minimum absolute atomic E-state index is 0.00568. The predicted octanol–water partition coefficient (Wildman–Crippen LogP) is 8.08. The Morgan fingerprint density at radius 3 is 1.54 bits per heavy atom. The predicted molar refractivity (Wildman–Crippen MR) is 352 cm³/mol. The molecule has 6 heterocycles. The molecule has 4 aliphatic rings. The summed E-state index contributed by atoms with van der Waals surface area (Å²) >= 11 is 0. The Balaban J connectivity index is 0.000000198. The number of fused-ring (bicyclic) bond motifs is 4. The number of nitrogens with one attached hydrogen (secondary N) is 2. The molecular formula is C69H84N14O7. The third-order valence-electron chi connectivity index (χ3n) is 16.6. The van der Waals surface area contributed by atoms with Gasteiger partial charge in [0, 0.05) is 122 Å². The second-order valence-corrected chi connectivity index (χ2v) is 24.3. The third-order valence-corrected chi connectivity index (χ3v) is 16.6. The molecule has 0 spiro atoms. The molecular weight excluding hydrogens is 1140 g/mol. The number of aromatic nitrogens is 2. The number of piperazine rings is 2.